The molecular weight excluding hydrogens is 261 g/mol. The molecule has 0 aliphatic carbocycles. The van der Waals surface area contributed by atoms with Gasteiger partial charge in [-0.2, -0.15) is 0 Å². The van der Waals surface area contributed by atoms with E-state index >= 15 is 0 Å². The van der Waals surface area contributed by atoms with Crippen LogP contribution in [0.3, 0.4) is 0 Å². The molecule has 1 aromatic carbocycles. The average molecular weight is 279 g/mol. The first-order valence-electron chi connectivity index (χ1n) is 6.88. The predicted octanol–water partition coefficient (Wildman–Crippen LogP) is 1.75. The minimum Gasteiger partial charge on any atom is -0.481 e. The van der Waals surface area contributed by atoms with E-state index in [4.69, 9.17) is 4.74 Å². The summed E-state index contributed by atoms with van der Waals surface area (Å²) in [7, 11) is 0. The normalized spacial score (nSPS) is 30.1. The van der Waals surface area contributed by atoms with Gasteiger partial charge in [0.15, 0.2) is 0 Å². The van der Waals surface area contributed by atoms with Crippen molar-refractivity contribution in [1.29, 1.82) is 0 Å². The van der Waals surface area contributed by atoms with Gasteiger partial charge in [-0.15, -0.1) is 0 Å². The second kappa shape index (κ2) is 5.14. The zero-order valence-corrected chi connectivity index (χ0v) is 11.2. The van der Waals surface area contributed by atoms with Gasteiger partial charge in [-0.05, 0) is 30.0 Å². The number of aliphatic carboxylic acids is 1. The van der Waals surface area contributed by atoms with E-state index in [9.17, 15) is 14.3 Å². The molecule has 0 spiro atoms. The SMILES string of the molecule is O=C(O)[C@]12COCC[C@H]1CN(Cc1ccc(F)cc1)C2. The van der Waals surface area contributed by atoms with E-state index in [1.165, 1.54) is 12.1 Å². The maximum absolute atomic E-state index is 12.9. The molecular formula is C15H18FNO3. The highest BCUT2D eigenvalue weighted by atomic mass is 19.1. The minimum atomic E-state index is -0.766. The van der Waals surface area contributed by atoms with Crippen LogP contribution in [0.15, 0.2) is 24.3 Å². The van der Waals surface area contributed by atoms with Gasteiger partial charge in [0, 0.05) is 26.2 Å². The fourth-order valence-corrected chi connectivity index (χ4v) is 3.36. The van der Waals surface area contributed by atoms with E-state index in [2.05, 4.69) is 4.90 Å². The Hall–Kier alpha value is -1.46. The lowest BCUT2D eigenvalue weighted by molar-refractivity contribution is -0.159. The molecule has 5 heteroatoms. The number of likely N-dealkylation sites (tertiary alicyclic amines) is 1. The summed E-state index contributed by atoms with van der Waals surface area (Å²) in [5.74, 6) is -0.864. The third-order valence-corrected chi connectivity index (χ3v) is 4.48. The second-order valence-corrected chi connectivity index (χ2v) is 5.80. The summed E-state index contributed by atoms with van der Waals surface area (Å²) in [6.07, 6.45) is 0.798. The molecule has 2 aliphatic rings. The fraction of sp³-hybridized carbons (Fsp3) is 0.533. The van der Waals surface area contributed by atoms with Crippen LogP contribution in [0.1, 0.15) is 12.0 Å². The van der Waals surface area contributed by atoms with Crippen LogP contribution in [0.4, 0.5) is 4.39 Å². The molecule has 20 heavy (non-hydrogen) atoms. The second-order valence-electron chi connectivity index (χ2n) is 5.80. The van der Waals surface area contributed by atoms with Crippen molar-refractivity contribution in [3.05, 3.63) is 35.6 Å². The van der Waals surface area contributed by atoms with Gasteiger partial charge in [0.25, 0.3) is 0 Å². The summed E-state index contributed by atoms with van der Waals surface area (Å²) in [6.45, 7) is 2.88. The van der Waals surface area contributed by atoms with E-state index in [1.807, 2.05) is 0 Å². The first-order chi connectivity index (χ1) is 9.60. The molecule has 1 aromatic rings. The number of ether oxygens (including phenoxy) is 1. The van der Waals surface area contributed by atoms with Gasteiger partial charge < -0.3 is 9.84 Å². The molecule has 3 rings (SSSR count). The summed E-state index contributed by atoms with van der Waals surface area (Å²) in [6, 6.07) is 6.38. The number of rotatable bonds is 3. The number of carbonyl (C=O) groups is 1. The van der Waals surface area contributed by atoms with E-state index in [-0.39, 0.29) is 11.7 Å². The number of benzene rings is 1. The topological polar surface area (TPSA) is 49.8 Å². The van der Waals surface area contributed by atoms with E-state index in [1.54, 1.807) is 12.1 Å². The van der Waals surface area contributed by atoms with Crippen LogP contribution in [0.2, 0.25) is 0 Å². The van der Waals surface area contributed by atoms with Gasteiger partial charge in [-0.3, -0.25) is 9.69 Å². The Morgan fingerprint density at radius 3 is 2.85 bits per heavy atom. The number of halogens is 1. The quantitative estimate of drug-likeness (QED) is 0.916. The number of hydrogen-bond acceptors (Lipinski definition) is 3. The number of fused-ring (bicyclic) bond motifs is 1. The number of carboxylic acid groups (broad SMARTS) is 1. The van der Waals surface area contributed by atoms with Crippen LogP contribution in [0.5, 0.6) is 0 Å². The molecule has 0 radical (unpaired) electrons. The smallest absolute Gasteiger partial charge is 0.313 e. The monoisotopic (exact) mass is 279 g/mol. The molecule has 0 bridgehead atoms. The van der Waals surface area contributed by atoms with Crippen LogP contribution >= 0.6 is 0 Å². The van der Waals surface area contributed by atoms with Crippen molar-refractivity contribution in [2.24, 2.45) is 11.3 Å². The molecule has 4 nitrogen and oxygen atoms in total. The minimum absolute atomic E-state index is 0.147. The Labute approximate surface area is 117 Å². The highest BCUT2D eigenvalue weighted by Crippen LogP contribution is 2.42. The van der Waals surface area contributed by atoms with Gasteiger partial charge >= 0.3 is 5.97 Å². The molecule has 0 saturated carbocycles. The Morgan fingerprint density at radius 2 is 2.20 bits per heavy atom. The van der Waals surface area contributed by atoms with Gasteiger partial charge in [0.05, 0.1) is 6.61 Å². The first kappa shape index (κ1) is 13.5. The zero-order valence-electron chi connectivity index (χ0n) is 11.2. The predicted molar refractivity (Wildman–Crippen MR) is 70.7 cm³/mol. The Morgan fingerprint density at radius 1 is 1.45 bits per heavy atom. The van der Waals surface area contributed by atoms with Gasteiger partial charge in [-0.25, -0.2) is 4.39 Å². The largest absolute Gasteiger partial charge is 0.481 e. The van der Waals surface area contributed by atoms with Crippen molar-refractivity contribution in [2.45, 2.75) is 13.0 Å². The summed E-state index contributed by atoms with van der Waals surface area (Å²) in [5, 5.41) is 9.56. The molecule has 108 valence electrons. The van der Waals surface area contributed by atoms with Crippen molar-refractivity contribution in [2.75, 3.05) is 26.3 Å². The third kappa shape index (κ3) is 2.31. The highest BCUT2D eigenvalue weighted by molar-refractivity contribution is 5.76. The van der Waals surface area contributed by atoms with E-state index in [0.717, 1.165) is 18.5 Å². The summed E-state index contributed by atoms with van der Waals surface area (Å²) >= 11 is 0. The lowest BCUT2D eigenvalue weighted by Gasteiger charge is -2.34. The molecule has 2 fully saturated rings. The molecule has 0 amide bonds. The maximum Gasteiger partial charge on any atom is 0.313 e. The van der Waals surface area contributed by atoms with Crippen molar-refractivity contribution < 1.29 is 19.0 Å². The molecule has 2 atom stereocenters. The summed E-state index contributed by atoms with van der Waals surface area (Å²) in [4.78, 5) is 13.8. The van der Waals surface area contributed by atoms with Crippen LogP contribution in [-0.4, -0.2) is 42.3 Å². The fourth-order valence-electron chi connectivity index (χ4n) is 3.36. The molecule has 1 N–H and O–H groups in total. The number of hydrogen-bond donors (Lipinski definition) is 1. The van der Waals surface area contributed by atoms with Crippen molar-refractivity contribution >= 4 is 5.97 Å². The van der Waals surface area contributed by atoms with Crippen molar-refractivity contribution in [3.8, 4) is 0 Å². The van der Waals surface area contributed by atoms with E-state index < -0.39 is 11.4 Å². The molecule has 0 aromatic heterocycles. The molecule has 2 heterocycles. The summed E-state index contributed by atoms with van der Waals surface area (Å²) in [5.41, 5.74) is 0.240. The Bertz CT molecular complexity index is 504. The van der Waals surface area contributed by atoms with Gasteiger partial charge in [0.2, 0.25) is 0 Å². The lowest BCUT2D eigenvalue weighted by Crippen LogP contribution is -2.46. The Balaban J connectivity index is 1.74. The standard InChI is InChI=1S/C15H18FNO3/c16-13-3-1-11(2-4-13)7-17-8-12-5-6-20-10-15(12,9-17)14(18)19/h1-4,12H,5-10H2,(H,18,19)/t12-,15+/m0/s1. The van der Waals surface area contributed by atoms with E-state index in [0.29, 0.717) is 26.3 Å². The lowest BCUT2D eigenvalue weighted by atomic mass is 9.76. The maximum atomic E-state index is 12.9. The average Bonchev–Trinajstić information content (AvgIpc) is 2.80. The first-order valence-corrected chi connectivity index (χ1v) is 6.88. The van der Waals surface area contributed by atoms with Gasteiger partial charge in [0.1, 0.15) is 11.2 Å². The summed E-state index contributed by atoms with van der Waals surface area (Å²) < 4.78 is 18.3. The molecule has 2 saturated heterocycles. The van der Waals surface area contributed by atoms with Crippen molar-refractivity contribution in [1.82, 2.24) is 4.90 Å². The van der Waals surface area contributed by atoms with Crippen LogP contribution in [-0.2, 0) is 16.1 Å². The molecule has 2 aliphatic heterocycles. The zero-order chi connectivity index (χ0) is 14.2. The Kier molecular flexibility index (Phi) is 3.48. The van der Waals surface area contributed by atoms with Crippen LogP contribution < -0.4 is 0 Å². The highest BCUT2D eigenvalue weighted by Gasteiger charge is 2.53. The number of carboxylic acids is 1. The van der Waals surface area contributed by atoms with Crippen molar-refractivity contribution in [3.63, 3.8) is 0 Å². The number of nitrogens with zero attached hydrogens (tertiary/aromatic N) is 1. The third-order valence-electron chi connectivity index (χ3n) is 4.48. The van der Waals surface area contributed by atoms with Gasteiger partial charge in [-0.1, -0.05) is 12.1 Å². The van der Waals surface area contributed by atoms with Crippen LogP contribution in [0, 0.1) is 17.2 Å². The molecule has 0 unspecified atom stereocenters. The van der Waals surface area contributed by atoms with Crippen LogP contribution in [0.25, 0.3) is 0 Å².